The van der Waals surface area contributed by atoms with Gasteiger partial charge in [0, 0.05) is 29.8 Å². The smallest absolute Gasteiger partial charge is 0.0898 e. The summed E-state index contributed by atoms with van der Waals surface area (Å²) in [6, 6.07) is 0.323. The van der Waals surface area contributed by atoms with E-state index < -0.39 is 0 Å². The summed E-state index contributed by atoms with van der Waals surface area (Å²) in [5, 5.41) is 8.80. The molecule has 0 fully saturated rings. The summed E-state index contributed by atoms with van der Waals surface area (Å²) in [5.74, 6) is 0. The second kappa shape index (κ2) is 5.52. The van der Waals surface area contributed by atoms with Crippen molar-refractivity contribution in [1.82, 2.24) is 15.3 Å². The van der Waals surface area contributed by atoms with Crippen LogP contribution in [0.2, 0.25) is 0 Å². The van der Waals surface area contributed by atoms with Crippen LogP contribution >= 0.6 is 22.7 Å². The van der Waals surface area contributed by atoms with Crippen LogP contribution in [0.5, 0.6) is 0 Å². The molecule has 0 saturated heterocycles. The van der Waals surface area contributed by atoms with Crippen LogP contribution in [0.25, 0.3) is 0 Å². The van der Waals surface area contributed by atoms with Gasteiger partial charge in [0.05, 0.1) is 21.9 Å². The van der Waals surface area contributed by atoms with Crippen molar-refractivity contribution >= 4 is 22.7 Å². The summed E-state index contributed by atoms with van der Waals surface area (Å²) >= 11 is 3.35. The predicted molar refractivity (Wildman–Crippen MR) is 69.1 cm³/mol. The number of nitrogens with one attached hydrogen (secondary N) is 1. The molecule has 0 amide bonds. The van der Waals surface area contributed by atoms with E-state index in [1.54, 1.807) is 22.7 Å². The van der Waals surface area contributed by atoms with Crippen LogP contribution in [-0.2, 0) is 6.42 Å². The van der Waals surface area contributed by atoms with E-state index in [0.717, 1.165) is 23.7 Å². The van der Waals surface area contributed by atoms with Crippen LogP contribution in [0.4, 0.5) is 0 Å². The lowest BCUT2D eigenvalue weighted by atomic mass is 10.2. The number of nitrogens with zero attached hydrogens (tertiary/aromatic N) is 2. The maximum Gasteiger partial charge on any atom is 0.0898 e. The third kappa shape index (κ3) is 3.10. The van der Waals surface area contributed by atoms with Crippen molar-refractivity contribution in [1.29, 1.82) is 0 Å². The highest BCUT2D eigenvalue weighted by Gasteiger charge is 2.07. The van der Waals surface area contributed by atoms with E-state index in [2.05, 4.69) is 33.0 Å². The molecule has 1 N–H and O–H groups in total. The van der Waals surface area contributed by atoms with E-state index in [4.69, 9.17) is 0 Å². The highest BCUT2D eigenvalue weighted by Crippen LogP contribution is 2.15. The molecule has 0 aliphatic rings. The highest BCUT2D eigenvalue weighted by molar-refractivity contribution is 7.09. The van der Waals surface area contributed by atoms with E-state index >= 15 is 0 Å². The standard InChI is InChI=1S/C11H15N3S2/c1-8(11-6-16-9(2)14-11)12-4-3-10-5-15-7-13-10/h5-8,12H,3-4H2,1-2H3. The molecule has 0 bridgehead atoms. The van der Waals surface area contributed by atoms with Crippen LogP contribution in [-0.4, -0.2) is 16.5 Å². The first-order valence-corrected chi connectivity index (χ1v) is 7.10. The molecule has 2 heterocycles. The molecule has 2 aromatic heterocycles. The van der Waals surface area contributed by atoms with Crippen molar-refractivity contribution in [2.45, 2.75) is 26.3 Å². The lowest BCUT2D eigenvalue weighted by Gasteiger charge is -2.10. The van der Waals surface area contributed by atoms with Gasteiger partial charge in [0.1, 0.15) is 0 Å². The third-order valence-corrected chi connectivity index (χ3v) is 3.82. The first kappa shape index (κ1) is 11.7. The normalized spacial score (nSPS) is 12.9. The molecule has 2 aromatic rings. The molecule has 3 nitrogen and oxygen atoms in total. The van der Waals surface area contributed by atoms with Gasteiger partial charge in [-0.2, -0.15) is 0 Å². The van der Waals surface area contributed by atoms with Gasteiger partial charge in [-0.1, -0.05) is 0 Å². The largest absolute Gasteiger partial charge is 0.308 e. The summed E-state index contributed by atoms with van der Waals surface area (Å²) in [7, 11) is 0. The highest BCUT2D eigenvalue weighted by atomic mass is 32.1. The Morgan fingerprint density at radius 2 is 2.31 bits per heavy atom. The average molecular weight is 253 g/mol. The van der Waals surface area contributed by atoms with E-state index in [9.17, 15) is 0 Å². The zero-order chi connectivity index (χ0) is 11.4. The van der Waals surface area contributed by atoms with E-state index in [-0.39, 0.29) is 0 Å². The Bertz CT molecular complexity index is 422. The van der Waals surface area contributed by atoms with Crippen molar-refractivity contribution in [3.63, 3.8) is 0 Å². The first-order chi connectivity index (χ1) is 7.75. The van der Waals surface area contributed by atoms with Crippen LogP contribution < -0.4 is 5.32 Å². The molecule has 5 heteroatoms. The van der Waals surface area contributed by atoms with Gasteiger partial charge in [-0.05, 0) is 13.8 Å². The Hall–Kier alpha value is -0.780. The average Bonchev–Trinajstić information content (AvgIpc) is 2.89. The van der Waals surface area contributed by atoms with Crippen molar-refractivity contribution in [3.05, 3.63) is 32.7 Å². The van der Waals surface area contributed by atoms with Gasteiger partial charge in [-0.25, -0.2) is 9.97 Å². The SMILES string of the molecule is Cc1nc(C(C)NCCc2cscn2)cs1. The number of hydrogen-bond acceptors (Lipinski definition) is 5. The maximum absolute atomic E-state index is 4.47. The number of aryl methyl sites for hydroxylation is 1. The van der Waals surface area contributed by atoms with Gasteiger partial charge in [0.2, 0.25) is 0 Å². The van der Waals surface area contributed by atoms with Crippen LogP contribution in [0.3, 0.4) is 0 Å². The molecule has 0 aliphatic heterocycles. The van der Waals surface area contributed by atoms with Gasteiger partial charge in [-0.3, -0.25) is 0 Å². The Balaban J connectivity index is 1.78. The molecule has 0 spiro atoms. The molecule has 2 rings (SSSR count). The monoisotopic (exact) mass is 253 g/mol. The molecule has 16 heavy (non-hydrogen) atoms. The topological polar surface area (TPSA) is 37.8 Å². The minimum Gasteiger partial charge on any atom is -0.308 e. The van der Waals surface area contributed by atoms with Crippen molar-refractivity contribution in [3.8, 4) is 0 Å². The molecule has 0 radical (unpaired) electrons. The summed E-state index contributed by atoms with van der Waals surface area (Å²) < 4.78 is 0. The predicted octanol–water partition coefficient (Wildman–Crippen LogP) is 2.80. The summed E-state index contributed by atoms with van der Waals surface area (Å²) in [6.07, 6.45) is 0.983. The molecule has 1 atom stereocenters. The number of rotatable bonds is 5. The number of hydrogen-bond donors (Lipinski definition) is 1. The molecule has 0 aliphatic carbocycles. The lowest BCUT2D eigenvalue weighted by molar-refractivity contribution is 0.564. The van der Waals surface area contributed by atoms with Crippen LogP contribution in [0, 0.1) is 6.92 Å². The van der Waals surface area contributed by atoms with Crippen LogP contribution in [0.15, 0.2) is 16.3 Å². The quantitative estimate of drug-likeness (QED) is 0.890. The number of thiazole rings is 2. The van der Waals surface area contributed by atoms with E-state index in [1.807, 2.05) is 12.4 Å². The molecule has 0 aromatic carbocycles. The zero-order valence-corrected chi connectivity index (χ0v) is 11.1. The van der Waals surface area contributed by atoms with E-state index in [1.165, 1.54) is 5.69 Å². The van der Waals surface area contributed by atoms with Crippen molar-refractivity contribution < 1.29 is 0 Å². The third-order valence-electron chi connectivity index (χ3n) is 2.40. The molecular formula is C11H15N3S2. The van der Waals surface area contributed by atoms with Gasteiger partial charge in [0.25, 0.3) is 0 Å². The van der Waals surface area contributed by atoms with Crippen LogP contribution in [0.1, 0.15) is 29.4 Å². The Morgan fingerprint density at radius 3 is 2.94 bits per heavy atom. The summed E-state index contributed by atoms with van der Waals surface area (Å²) in [5.41, 5.74) is 4.18. The maximum atomic E-state index is 4.47. The van der Waals surface area contributed by atoms with E-state index in [0.29, 0.717) is 6.04 Å². The first-order valence-electron chi connectivity index (χ1n) is 5.28. The Labute approximate surface area is 104 Å². The minimum absolute atomic E-state index is 0.323. The molecule has 86 valence electrons. The van der Waals surface area contributed by atoms with Gasteiger partial charge in [-0.15, -0.1) is 22.7 Å². The second-order valence-corrected chi connectivity index (χ2v) is 5.48. The Kier molecular flexibility index (Phi) is 4.04. The zero-order valence-electron chi connectivity index (χ0n) is 9.43. The van der Waals surface area contributed by atoms with Crippen molar-refractivity contribution in [2.75, 3.05) is 6.54 Å². The fourth-order valence-corrected chi connectivity index (χ4v) is 2.76. The molecular weight excluding hydrogens is 238 g/mol. The molecule has 0 saturated carbocycles. The van der Waals surface area contributed by atoms with Crippen molar-refractivity contribution in [2.24, 2.45) is 0 Å². The fraction of sp³-hybridized carbons (Fsp3) is 0.455. The second-order valence-electron chi connectivity index (χ2n) is 3.70. The fourth-order valence-electron chi connectivity index (χ4n) is 1.46. The van der Waals surface area contributed by atoms with Gasteiger partial charge < -0.3 is 5.32 Å². The molecule has 1 unspecified atom stereocenters. The summed E-state index contributed by atoms with van der Waals surface area (Å²) in [6.45, 7) is 5.13. The van der Waals surface area contributed by atoms with Gasteiger partial charge >= 0.3 is 0 Å². The van der Waals surface area contributed by atoms with Gasteiger partial charge in [0.15, 0.2) is 0 Å². The Morgan fingerprint density at radius 1 is 1.44 bits per heavy atom. The lowest BCUT2D eigenvalue weighted by Crippen LogP contribution is -2.21. The summed E-state index contributed by atoms with van der Waals surface area (Å²) in [4.78, 5) is 8.72. The number of aromatic nitrogens is 2. The minimum atomic E-state index is 0.323.